The van der Waals surface area contributed by atoms with Crippen molar-refractivity contribution >= 4 is 6.09 Å². The Morgan fingerprint density at radius 2 is 2.04 bits per heavy atom. The number of amides is 1. The lowest BCUT2D eigenvalue weighted by Crippen LogP contribution is -2.42. The first-order chi connectivity index (χ1) is 11.8. The van der Waals surface area contributed by atoms with E-state index in [1.54, 1.807) is 4.90 Å². The topological polar surface area (TPSA) is 60.0 Å². The number of ether oxygens (including phenoxy) is 3. The van der Waals surface area contributed by atoms with Gasteiger partial charge in [-0.05, 0) is 25.5 Å². The minimum absolute atomic E-state index is 0.133. The van der Waals surface area contributed by atoms with Crippen LogP contribution in [-0.2, 0) is 20.8 Å². The molecule has 132 valence electrons. The van der Waals surface area contributed by atoms with Crippen LogP contribution < -0.4 is 5.32 Å². The molecule has 2 unspecified atom stereocenters. The Balaban J connectivity index is 1.39. The number of benzene rings is 1. The molecule has 6 nitrogen and oxygen atoms in total. The summed E-state index contributed by atoms with van der Waals surface area (Å²) >= 11 is 0. The van der Waals surface area contributed by atoms with Gasteiger partial charge in [0.15, 0.2) is 6.29 Å². The first-order valence-electron chi connectivity index (χ1n) is 8.63. The van der Waals surface area contributed by atoms with E-state index < -0.39 is 0 Å². The standard InChI is InChI=1S/C18H26N2O4/c1-19-11-16-13-22-17(24-16)15-7-9-20(10-8-15)18(21)23-12-14-5-3-2-4-6-14/h2-6,15-17,19H,7-13H2,1H3. The van der Waals surface area contributed by atoms with Crippen molar-refractivity contribution in [2.45, 2.75) is 31.8 Å². The maximum absolute atomic E-state index is 12.2. The molecule has 2 atom stereocenters. The van der Waals surface area contributed by atoms with Gasteiger partial charge in [-0.2, -0.15) is 0 Å². The second-order valence-electron chi connectivity index (χ2n) is 6.38. The van der Waals surface area contributed by atoms with Gasteiger partial charge in [0, 0.05) is 25.6 Å². The lowest BCUT2D eigenvalue weighted by Gasteiger charge is -2.33. The lowest BCUT2D eigenvalue weighted by atomic mass is 9.96. The van der Waals surface area contributed by atoms with Gasteiger partial charge >= 0.3 is 6.09 Å². The van der Waals surface area contributed by atoms with Crippen molar-refractivity contribution < 1.29 is 19.0 Å². The van der Waals surface area contributed by atoms with E-state index in [-0.39, 0.29) is 18.5 Å². The molecule has 2 saturated heterocycles. The third kappa shape index (κ3) is 4.47. The van der Waals surface area contributed by atoms with E-state index >= 15 is 0 Å². The monoisotopic (exact) mass is 334 g/mol. The van der Waals surface area contributed by atoms with Crippen molar-refractivity contribution in [2.24, 2.45) is 5.92 Å². The molecule has 1 amide bonds. The fourth-order valence-electron chi connectivity index (χ4n) is 3.22. The van der Waals surface area contributed by atoms with Gasteiger partial charge in [-0.15, -0.1) is 0 Å². The van der Waals surface area contributed by atoms with Crippen molar-refractivity contribution in [3.63, 3.8) is 0 Å². The predicted molar refractivity (Wildman–Crippen MR) is 89.5 cm³/mol. The molecule has 24 heavy (non-hydrogen) atoms. The second-order valence-corrected chi connectivity index (χ2v) is 6.38. The molecule has 0 bridgehead atoms. The van der Waals surface area contributed by atoms with Crippen LogP contribution in [0, 0.1) is 5.92 Å². The van der Waals surface area contributed by atoms with Crippen LogP contribution in [0.3, 0.4) is 0 Å². The highest BCUT2D eigenvalue weighted by Crippen LogP contribution is 2.28. The van der Waals surface area contributed by atoms with Gasteiger partial charge in [0.1, 0.15) is 6.61 Å². The molecule has 0 spiro atoms. The molecule has 0 aromatic heterocycles. The average molecular weight is 334 g/mol. The number of likely N-dealkylation sites (tertiary alicyclic amines) is 1. The van der Waals surface area contributed by atoms with Gasteiger partial charge in [0.2, 0.25) is 0 Å². The number of nitrogens with one attached hydrogen (secondary N) is 1. The molecule has 2 heterocycles. The summed E-state index contributed by atoms with van der Waals surface area (Å²) in [6.45, 7) is 3.16. The number of hydrogen-bond acceptors (Lipinski definition) is 5. The maximum Gasteiger partial charge on any atom is 0.410 e. The summed E-state index contributed by atoms with van der Waals surface area (Å²) in [4.78, 5) is 13.9. The van der Waals surface area contributed by atoms with Crippen LogP contribution in [0.25, 0.3) is 0 Å². The van der Waals surface area contributed by atoms with Gasteiger partial charge in [0.05, 0.1) is 12.7 Å². The van der Waals surface area contributed by atoms with Crippen LogP contribution in [0.4, 0.5) is 4.79 Å². The Bertz CT molecular complexity index is 517. The first kappa shape index (κ1) is 17.2. The molecule has 0 aliphatic carbocycles. The van der Waals surface area contributed by atoms with Crippen LogP contribution in [0.1, 0.15) is 18.4 Å². The fourth-order valence-corrected chi connectivity index (χ4v) is 3.22. The molecule has 2 aliphatic rings. The Labute approximate surface area is 143 Å². The highest BCUT2D eigenvalue weighted by Gasteiger charge is 2.35. The fraction of sp³-hybridized carbons (Fsp3) is 0.611. The Morgan fingerprint density at radius 3 is 2.75 bits per heavy atom. The molecule has 1 N–H and O–H groups in total. The maximum atomic E-state index is 12.2. The molecule has 1 aromatic rings. The normalized spacial score (nSPS) is 25.0. The minimum atomic E-state index is -0.237. The summed E-state index contributed by atoms with van der Waals surface area (Å²) in [6, 6.07) is 9.74. The van der Waals surface area contributed by atoms with Gasteiger partial charge in [0.25, 0.3) is 0 Å². The quantitative estimate of drug-likeness (QED) is 0.892. The number of nitrogens with zero attached hydrogens (tertiary/aromatic N) is 1. The zero-order chi connectivity index (χ0) is 16.8. The SMILES string of the molecule is CNCC1COC(C2CCN(C(=O)OCc3ccccc3)CC2)O1. The highest BCUT2D eigenvalue weighted by molar-refractivity contribution is 5.67. The number of likely N-dealkylation sites (N-methyl/N-ethyl adjacent to an activating group) is 1. The molecule has 1 aromatic carbocycles. The summed E-state index contributed by atoms with van der Waals surface area (Å²) in [7, 11) is 1.91. The molecule has 2 fully saturated rings. The summed E-state index contributed by atoms with van der Waals surface area (Å²) in [5.74, 6) is 0.352. The van der Waals surface area contributed by atoms with Gasteiger partial charge in [-0.3, -0.25) is 0 Å². The number of carbonyl (C=O) groups excluding carboxylic acids is 1. The molecule has 2 aliphatic heterocycles. The van der Waals surface area contributed by atoms with E-state index in [9.17, 15) is 4.79 Å². The number of hydrogen-bond donors (Lipinski definition) is 1. The Hall–Kier alpha value is -1.63. The van der Waals surface area contributed by atoms with Crippen molar-refractivity contribution in [1.29, 1.82) is 0 Å². The van der Waals surface area contributed by atoms with Gasteiger partial charge in [-0.1, -0.05) is 30.3 Å². The highest BCUT2D eigenvalue weighted by atomic mass is 16.7. The summed E-state index contributed by atoms with van der Waals surface area (Å²) in [5.41, 5.74) is 1.00. The molecular weight excluding hydrogens is 308 g/mol. The van der Waals surface area contributed by atoms with Crippen molar-refractivity contribution in [2.75, 3.05) is 33.3 Å². The summed E-state index contributed by atoms with van der Waals surface area (Å²) in [6.07, 6.45) is 1.53. The van der Waals surface area contributed by atoms with E-state index in [2.05, 4.69) is 5.32 Å². The largest absolute Gasteiger partial charge is 0.445 e. The third-order valence-corrected chi connectivity index (χ3v) is 4.59. The second kappa shape index (κ2) is 8.46. The van der Waals surface area contributed by atoms with E-state index in [1.165, 1.54) is 0 Å². The minimum Gasteiger partial charge on any atom is -0.445 e. The van der Waals surface area contributed by atoms with Gasteiger partial charge in [-0.25, -0.2) is 4.79 Å². The van der Waals surface area contributed by atoms with Crippen LogP contribution >= 0.6 is 0 Å². The molecule has 0 saturated carbocycles. The predicted octanol–water partition coefficient (Wildman–Crippen LogP) is 2.00. The number of carbonyl (C=O) groups is 1. The van der Waals surface area contributed by atoms with E-state index in [0.29, 0.717) is 32.2 Å². The summed E-state index contributed by atoms with van der Waals surface area (Å²) in [5, 5.41) is 3.11. The summed E-state index contributed by atoms with van der Waals surface area (Å²) < 4.78 is 17.1. The molecule has 6 heteroatoms. The lowest BCUT2D eigenvalue weighted by molar-refractivity contribution is -0.108. The Kier molecular flexibility index (Phi) is 6.07. The number of rotatable bonds is 5. The zero-order valence-corrected chi connectivity index (χ0v) is 14.1. The molecule has 3 rings (SSSR count). The van der Waals surface area contributed by atoms with Crippen LogP contribution in [0.5, 0.6) is 0 Å². The van der Waals surface area contributed by atoms with E-state index in [0.717, 1.165) is 24.9 Å². The average Bonchev–Trinajstić information content (AvgIpc) is 3.10. The van der Waals surface area contributed by atoms with Crippen molar-refractivity contribution in [1.82, 2.24) is 10.2 Å². The van der Waals surface area contributed by atoms with Gasteiger partial charge < -0.3 is 24.4 Å². The van der Waals surface area contributed by atoms with E-state index in [1.807, 2.05) is 37.4 Å². The smallest absolute Gasteiger partial charge is 0.410 e. The third-order valence-electron chi connectivity index (χ3n) is 4.59. The van der Waals surface area contributed by atoms with Crippen LogP contribution in [0.15, 0.2) is 30.3 Å². The Morgan fingerprint density at radius 1 is 1.29 bits per heavy atom. The van der Waals surface area contributed by atoms with Crippen molar-refractivity contribution in [3.05, 3.63) is 35.9 Å². The van der Waals surface area contributed by atoms with Crippen LogP contribution in [0.2, 0.25) is 0 Å². The zero-order valence-electron chi connectivity index (χ0n) is 14.1. The number of piperidine rings is 1. The molecular formula is C18H26N2O4. The van der Waals surface area contributed by atoms with Crippen molar-refractivity contribution in [3.8, 4) is 0 Å². The first-order valence-corrected chi connectivity index (χ1v) is 8.63. The van der Waals surface area contributed by atoms with Crippen LogP contribution in [-0.4, -0.2) is 56.7 Å². The molecule has 0 radical (unpaired) electrons. The van der Waals surface area contributed by atoms with E-state index in [4.69, 9.17) is 14.2 Å².